The average Bonchev–Trinajstić information content (AvgIpc) is 2.53. The van der Waals surface area contributed by atoms with Crippen LogP contribution in [0.3, 0.4) is 0 Å². The summed E-state index contributed by atoms with van der Waals surface area (Å²) in [4.78, 5) is 18.6. The van der Waals surface area contributed by atoms with Crippen LogP contribution in [0.5, 0.6) is 0 Å². The Morgan fingerprint density at radius 1 is 1.22 bits per heavy atom. The van der Waals surface area contributed by atoms with Crippen LogP contribution in [-0.4, -0.2) is 14.9 Å². The van der Waals surface area contributed by atoms with Crippen molar-refractivity contribution in [2.45, 2.75) is 6.54 Å². The van der Waals surface area contributed by atoms with Gasteiger partial charge in [0.15, 0.2) is 0 Å². The minimum Gasteiger partial charge on any atom is -0.365 e. The van der Waals surface area contributed by atoms with Gasteiger partial charge >= 0.3 is 0 Å². The summed E-state index contributed by atoms with van der Waals surface area (Å²) in [5.41, 5.74) is 1.14. The average molecular weight is 333 g/mol. The first kappa shape index (κ1) is 15.1. The van der Waals surface area contributed by atoms with E-state index < -0.39 is 4.92 Å². The standard InChI is InChI=1S/C15H10ClFN4O2/c16-12-6-13-11(5-14(12)21(22)23)15(20-8-19-13)18-7-9-1-3-10(17)4-2-9/h1-6,8H,7H2,(H,18,19,20). The Kier molecular flexibility index (Phi) is 4.03. The molecule has 0 saturated carbocycles. The third-order valence-corrected chi connectivity index (χ3v) is 3.58. The zero-order valence-electron chi connectivity index (χ0n) is 11.7. The quantitative estimate of drug-likeness (QED) is 0.578. The van der Waals surface area contributed by atoms with E-state index in [2.05, 4.69) is 15.3 Å². The lowest BCUT2D eigenvalue weighted by Crippen LogP contribution is -2.03. The summed E-state index contributed by atoms with van der Waals surface area (Å²) in [5, 5.41) is 14.6. The minimum absolute atomic E-state index is 0.0192. The number of rotatable bonds is 4. The maximum Gasteiger partial charge on any atom is 0.288 e. The zero-order valence-corrected chi connectivity index (χ0v) is 12.4. The molecule has 1 N–H and O–H groups in total. The van der Waals surface area contributed by atoms with Gasteiger partial charge in [0.1, 0.15) is 23.0 Å². The molecule has 8 heteroatoms. The van der Waals surface area contributed by atoms with Gasteiger partial charge < -0.3 is 5.32 Å². The Morgan fingerprint density at radius 2 is 1.96 bits per heavy atom. The molecule has 23 heavy (non-hydrogen) atoms. The number of halogens is 2. The SMILES string of the molecule is O=[N+]([O-])c1cc2c(NCc3ccc(F)cc3)ncnc2cc1Cl. The van der Waals surface area contributed by atoms with Crippen molar-refractivity contribution >= 4 is 34.0 Å². The highest BCUT2D eigenvalue weighted by Gasteiger charge is 2.16. The van der Waals surface area contributed by atoms with Crippen molar-refractivity contribution in [1.29, 1.82) is 0 Å². The Morgan fingerprint density at radius 3 is 2.65 bits per heavy atom. The number of nitrogens with zero attached hydrogens (tertiary/aromatic N) is 3. The third kappa shape index (κ3) is 3.19. The van der Waals surface area contributed by atoms with E-state index in [1.54, 1.807) is 12.1 Å². The van der Waals surface area contributed by atoms with Gasteiger partial charge in [-0.2, -0.15) is 0 Å². The van der Waals surface area contributed by atoms with Crippen LogP contribution in [0.2, 0.25) is 5.02 Å². The van der Waals surface area contributed by atoms with E-state index >= 15 is 0 Å². The predicted molar refractivity (Wildman–Crippen MR) is 84.9 cm³/mol. The normalized spacial score (nSPS) is 10.7. The molecule has 0 aliphatic rings. The maximum atomic E-state index is 12.9. The lowest BCUT2D eigenvalue weighted by molar-refractivity contribution is -0.384. The van der Waals surface area contributed by atoms with E-state index in [9.17, 15) is 14.5 Å². The Hall–Kier alpha value is -2.80. The summed E-state index contributed by atoms with van der Waals surface area (Å²) in [6.45, 7) is 0.392. The number of hydrogen-bond donors (Lipinski definition) is 1. The molecule has 2 aromatic carbocycles. The van der Waals surface area contributed by atoms with Crippen molar-refractivity contribution in [3.05, 3.63) is 69.2 Å². The van der Waals surface area contributed by atoms with Crippen LogP contribution in [0, 0.1) is 15.9 Å². The molecule has 0 spiro atoms. The number of nitro groups is 1. The molecule has 0 atom stereocenters. The maximum absolute atomic E-state index is 12.9. The number of hydrogen-bond acceptors (Lipinski definition) is 5. The summed E-state index contributed by atoms with van der Waals surface area (Å²) < 4.78 is 12.9. The molecule has 116 valence electrons. The molecule has 3 rings (SSSR count). The van der Waals surface area contributed by atoms with Crippen molar-refractivity contribution in [2.75, 3.05) is 5.32 Å². The summed E-state index contributed by atoms with van der Waals surface area (Å²) in [7, 11) is 0. The van der Waals surface area contributed by atoms with E-state index in [1.807, 2.05) is 0 Å². The number of fused-ring (bicyclic) bond motifs is 1. The molecule has 1 heterocycles. The van der Waals surface area contributed by atoms with Crippen molar-refractivity contribution < 1.29 is 9.31 Å². The first-order chi connectivity index (χ1) is 11.0. The fraction of sp³-hybridized carbons (Fsp3) is 0.0667. The number of aromatic nitrogens is 2. The molecule has 3 aromatic rings. The molecule has 0 fully saturated rings. The molecule has 0 bridgehead atoms. The lowest BCUT2D eigenvalue weighted by Gasteiger charge is -2.09. The summed E-state index contributed by atoms with van der Waals surface area (Å²) in [6, 6.07) is 8.78. The van der Waals surface area contributed by atoms with Gasteiger partial charge in [0.2, 0.25) is 0 Å². The highest BCUT2D eigenvalue weighted by Crippen LogP contribution is 2.31. The molecule has 6 nitrogen and oxygen atoms in total. The number of nitro benzene ring substituents is 1. The van der Waals surface area contributed by atoms with E-state index in [0.29, 0.717) is 23.3 Å². The zero-order chi connectivity index (χ0) is 16.4. The fourth-order valence-corrected chi connectivity index (χ4v) is 2.36. The van der Waals surface area contributed by atoms with Crippen molar-refractivity contribution in [3.63, 3.8) is 0 Å². The number of benzene rings is 2. The second kappa shape index (κ2) is 6.13. The molecule has 0 saturated heterocycles. The van der Waals surface area contributed by atoms with Crippen molar-refractivity contribution in [2.24, 2.45) is 0 Å². The number of nitrogens with one attached hydrogen (secondary N) is 1. The summed E-state index contributed by atoms with van der Waals surface area (Å²) in [6.07, 6.45) is 1.34. The molecule has 0 amide bonds. The van der Waals surface area contributed by atoms with Gasteiger partial charge in [0.25, 0.3) is 5.69 Å². The molecule has 0 aliphatic heterocycles. The van der Waals surface area contributed by atoms with Crippen LogP contribution in [0.15, 0.2) is 42.7 Å². The molecule has 1 aromatic heterocycles. The fourth-order valence-electron chi connectivity index (χ4n) is 2.13. The summed E-state index contributed by atoms with van der Waals surface area (Å²) >= 11 is 5.88. The van der Waals surface area contributed by atoms with Crippen LogP contribution in [0.1, 0.15) is 5.56 Å². The highest BCUT2D eigenvalue weighted by atomic mass is 35.5. The third-order valence-electron chi connectivity index (χ3n) is 3.27. The van der Waals surface area contributed by atoms with E-state index in [0.717, 1.165) is 5.56 Å². The van der Waals surface area contributed by atoms with Gasteiger partial charge in [-0.1, -0.05) is 23.7 Å². The first-order valence-electron chi connectivity index (χ1n) is 6.61. The second-order valence-electron chi connectivity index (χ2n) is 4.78. The molecular weight excluding hydrogens is 323 g/mol. The molecule has 0 radical (unpaired) electrons. The Bertz CT molecular complexity index is 887. The van der Waals surface area contributed by atoms with Gasteiger partial charge in [-0.05, 0) is 23.8 Å². The van der Waals surface area contributed by atoms with Crippen LogP contribution in [0.4, 0.5) is 15.9 Å². The van der Waals surface area contributed by atoms with Gasteiger partial charge in [0, 0.05) is 18.0 Å². The van der Waals surface area contributed by atoms with Crippen LogP contribution in [0.25, 0.3) is 10.9 Å². The van der Waals surface area contributed by atoms with Gasteiger partial charge in [-0.15, -0.1) is 0 Å². The number of anilines is 1. The topological polar surface area (TPSA) is 81.0 Å². The largest absolute Gasteiger partial charge is 0.365 e. The second-order valence-corrected chi connectivity index (χ2v) is 5.19. The van der Waals surface area contributed by atoms with Gasteiger partial charge in [-0.25, -0.2) is 14.4 Å². The highest BCUT2D eigenvalue weighted by molar-refractivity contribution is 6.33. The van der Waals surface area contributed by atoms with E-state index in [4.69, 9.17) is 11.6 Å². The predicted octanol–water partition coefficient (Wildman–Crippen LogP) is 3.94. The lowest BCUT2D eigenvalue weighted by atomic mass is 10.2. The van der Waals surface area contributed by atoms with Gasteiger partial charge in [-0.3, -0.25) is 10.1 Å². The monoisotopic (exact) mass is 332 g/mol. The first-order valence-corrected chi connectivity index (χ1v) is 6.99. The van der Waals surface area contributed by atoms with E-state index in [-0.39, 0.29) is 16.5 Å². The molecule has 0 unspecified atom stereocenters. The Labute approximate surface area is 135 Å². The smallest absolute Gasteiger partial charge is 0.288 e. The minimum atomic E-state index is -0.557. The van der Waals surface area contributed by atoms with Crippen LogP contribution < -0.4 is 5.32 Å². The van der Waals surface area contributed by atoms with Gasteiger partial charge in [0.05, 0.1) is 10.4 Å². The van der Waals surface area contributed by atoms with Crippen LogP contribution >= 0.6 is 11.6 Å². The summed E-state index contributed by atoms with van der Waals surface area (Å²) in [5.74, 6) is 0.130. The van der Waals surface area contributed by atoms with E-state index in [1.165, 1.54) is 30.6 Å². The molecule has 0 aliphatic carbocycles. The Balaban J connectivity index is 1.95. The molecular formula is C15H10ClFN4O2. The van der Waals surface area contributed by atoms with Crippen molar-refractivity contribution in [1.82, 2.24) is 9.97 Å². The van der Waals surface area contributed by atoms with Crippen LogP contribution in [-0.2, 0) is 6.54 Å². The van der Waals surface area contributed by atoms with Crippen molar-refractivity contribution in [3.8, 4) is 0 Å².